The minimum atomic E-state index is -1.08. The molecule has 4 nitrogen and oxygen atoms in total. The van der Waals surface area contributed by atoms with E-state index in [1.807, 2.05) is 32.0 Å². The first-order valence-corrected chi connectivity index (χ1v) is 5.47. The maximum Gasteiger partial charge on any atom is 0.303 e. The van der Waals surface area contributed by atoms with Gasteiger partial charge in [0.2, 0.25) is 0 Å². The molecule has 0 amide bonds. The molecule has 0 aromatic heterocycles. The number of carboxylic acid groups (broad SMARTS) is 2. The van der Waals surface area contributed by atoms with Crippen LogP contribution in [0.15, 0.2) is 30.3 Å². The lowest BCUT2D eigenvalue weighted by Crippen LogP contribution is -2.00. The topological polar surface area (TPSA) is 74.6 Å². The summed E-state index contributed by atoms with van der Waals surface area (Å²) in [4.78, 5) is 19.3. The van der Waals surface area contributed by atoms with Crippen LogP contribution in [0.4, 0.5) is 0 Å². The molecule has 17 heavy (non-hydrogen) atoms. The van der Waals surface area contributed by atoms with Gasteiger partial charge in [0, 0.05) is 0 Å². The molecule has 1 aromatic carbocycles. The van der Waals surface area contributed by atoms with E-state index in [0.717, 1.165) is 0 Å². The lowest BCUT2D eigenvalue weighted by molar-refractivity contribution is -0.143. The molecular weight excluding hydrogens is 220 g/mol. The predicted octanol–water partition coefficient (Wildman–Crippen LogP) is 2.96. The highest BCUT2D eigenvalue weighted by Gasteiger charge is 2.00. The summed E-state index contributed by atoms with van der Waals surface area (Å²) >= 11 is 0. The number of aliphatic carboxylic acids is 2. The van der Waals surface area contributed by atoms with E-state index < -0.39 is 11.9 Å². The van der Waals surface area contributed by atoms with Crippen LogP contribution in [0.1, 0.15) is 32.3 Å². The molecule has 0 saturated carbocycles. The van der Waals surface area contributed by atoms with Crippen LogP contribution in [-0.2, 0) is 9.59 Å². The Morgan fingerprint density at radius 3 is 1.47 bits per heavy atom. The van der Waals surface area contributed by atoms with Crippen LogP contribution in [0.2, 0.25) is 0 Å². The van der Waals surface area contributed by atoms with Gasteiger partial charge in [0.25, 0.3) is 0 Å². The van der Waals surface area contributed by atoms with Crippen LogP contribution in [-0.4, -0.2) is 22.2 Å². The summed E-state index contributed by atoms with van der Waals surface area (Å²) in [6, 6.07) is 10.3. The van der Waals surface area contributed by atoms with Gasteiger partial charge in [0.1, 0.15) is 0 Å². The predicted molar refractivity (Wildman–Crippen MR) is 67.0 cm³/mol. The van der Waals surface area contributed by atoms with Crippen molar-refractivity contribution in [3.8, 4) is 0 Å². The zero-order valence-corrected chi connectivity index (χ0v) is 10.5. The second kappa shape index (κ2) is 12.2. The third-order valence-electron chi connectivity index (χ3n) is 1.49. The molecule has 0 fully saturated rings. The normalized spacial score (nSPS) is 7.94. The first-order valence-electron chi connectivity index (χ1n) is 5.47. The Kier molecular flexibility index (Phi) is 12.6. The maximum atomic E-state index is 9.64. The van der Waals surface area contributed by atoms with Crippen molar-refractivity contribution in [2.24, 2.45) is 0 Å². The van der Waals surface area contributed by atoms with Crippen LogP contribution >= 0.6 is 0 Å². The molecule has 0 aliphatic heterocycles. The van der Waals surface area contributed by atoms with Gasteiger partial charge in [-0.2, -0.15) is 0 Å². The highest BCUT2D eigenvalue weighted by molar-refractivity contribution is 5.75. The summed E-state index contributed by atoms with van der Waals surface area (Å²) in [6.45, 7) is 6.08. The minimum absolute atomic E-state index is 0.296. The SMILES string of the molecule is CC.Cc1ccccc1.O=C(O)CCC(=O)O. The summed E-state index contributed by atoms with van der Waals surface area (Å²) in [5, 5.41) is 15.8. The van der Waals surface area contributed by atoms with Crippen molar-refractivity contribution in [2.45, 2.75) is 33.6 Å². The highest BCUT2D eigenvalue weighted by atomic mass is 16.4. The van der Waals surface area contributed by atoms with Gasteiger partial charge in [-0.1, -0.05) is 49.7 Å². The van der Waals surface area contributed by atoms with Crippen LogP contribution in [0.25, 0.3) is 0 Å². The molecule has 1 aromatic rings. The fraction of sp³-hybridized carbons (Fsp3) is 0.385. The standard InChI is InChI=1S/C7H8.C4H6O4.C2H6/c1-7-5-3-2-4-6-7;5-3(6)1-2-4(7)8;1-2/h2-6H,1H3;1-2H2,(H,5,6)(H,7,8);1-2H3. The lowest BCUT2D eigenvalue weighted by Gasteiger charge is -1.85. The van der Waals surface area contributed by atoms with E-state index in [1.165, 1.54) is 5.56 Å². The van der Waals surface area contributed by atoms with E-state index >= 15 is 0 Å². The third-order valence-corrected chi connectivity index (χ3v) is 1.49. The van der Waals surface area contributed by atoms with Crippen molar-refractivity contribution >= 4 is 11.9 Å². The lowest BCUT2D eigenvalue weighted by atomic mass is 10.2. The molecule has 0 aliphatic rings. The van der Waals surface area contributed by atoms with E-state index in [-0.39, 0.29) is 12.8 Å². The monoisotopic (exact) mass is 240 g/mol. The fourth-order valence-corrected chi connectivity index (χ4v) is 0.748. The second-order valence-corrected chi connectivity index (χ2v) is 2.94. The molecule has 0 bridgehead atoms. The Labute approximate surface area is 102 Å². The van der Waals surface area contributed by atoms with Gasteiger partial charge < -0.3 is 10.2 Å². The van der Waals surface area contributed by atoms with Crippen molar-refractivity contribution in [3.05, 3.63) is 35.9 Å². The van der Waals surface area contributed by atoms with Gasteiger partial charge in [0.15, 0.2) is 0 Å². The van der Waals surface area contributed by atoms with Gasteiger partial charge in [-0.25, -0.2) is 0 Å². The molecular formula is C13H20O4. The average Bonchev–Trinajstić information content (AvgIpc) is 2.31. The number of benzene rings is 1. The van der Waals surface area contributed by atoms with Crippen molar-refractivity contribution < 1.29 is 19.8 Å². The van der Waals surface area contributed by atoms with Gasteiger partial charge in [-0.15, -0.1) is 0 Å². The maximum absolute atomic E-state index is 9.64. The Morgan fingerprint density at radius 2 is 1.29 bits per heavy atom. The number of carbonyl (C=O) groups is 2. The summed E-state index contributed by atoms with van der Waals surface area (Å²) < 4.78 is 0. The molecule has 0 saturated heterocycles. The van der Waals surface area contributed by atoms with Gasteiger partial charge >= 0.3 is 11.9 Å². The van der Waals surface area contributed by atoms with Gasteiger partial charge in [-0.05, 0) is 6.92 Å². The summed E-state index contributed by atoms with van der Waals surface area (Å²) in [5.74, 6) is -2.15. The van der Waals surface area contributed by atoms with Gasteiger partial charge in [-0.3, -0.25) is 9.59 Å². The molecule has 0 atom stereocenters. The highest BCUT2D eigenvalue weighted by Crippen LogP contribution is 1.92. The summed E-state index contributed by atoms with van der Waals surface area (Å²) in [5.41, 5.74) is 1.32. The molecule has 0 spiro atoms. The van der Waals surface area contributed by atoms with E-state index in [9.17, 15) is 9.59 Å². The number of hydrogen-bond donors (Lipinski definition) is 2. The molecule has 96 valence electrons. The first-order chi connectivity index (χ1) is 8.02. The number of aryl methyl sites for hydroxylation is 1. The van der Waals surface area contributed by atoms with Crippen LogP contribution < -0.4 is 0 Å². The quantitative estimate of drug-likeness (QED) is 0.851. The first kappa shape index (κ1) is 17.6. The Bertz CT molecular complexity index is 292. The van der Waals surface area contributed by atoms with Crippen molar-refractivity contribution in [1.82, 2.24) is 0 Å². The zero-order chi connectivity index (χ0) is 13.7. The molecule has 0 unspecified atom stereocenters. The Balaban J connectivity index is 0. The summed E-state index contributed by atoms with van der Waals surface area (Å²) in [6.07, 6.45) is -0.593. The molecule has 0 heterocycles. The summed E-state index contributed by atoms with van der Waals surface area (Å²) in [7, 11) is 0. The van der Waals surface area contributed by atoms with Crippen LogP contribution in [0.5, 0.6) is 0 Å². The van der Waals surface area contributed by atoms with E-state index in [0.29, 0.717) is 0 Å². The molecule has 4 heteroatoms. The van der Waals surface area contributed by atoms with Crippen LogP contribution in [0, 0.1) is 6.92 Å². The third kappa shape index (κ3) is 16.8. The number of hydrogen-bond acceptors (Lipinski definition) is 2. The van der Waals surface area contributed by atoms with Crippen LogP contribution in [0.3, 0.4) is 0 Å². The van der Waals surface area contributed by atoms with E-state index in [2.05, 4.69) is 19.1 Å². The fourth-order valence-electron chi connectivity index (χ4n) is 0.748. The van der Waals surface area contributed by atoms with Crippen molar-refractivity contribution in [1.29, 1.82) is 0 Å². The minimum Gasteiger partial charge on any atom is -0.481 e. The average molecular weight is 240 g/mol. The van der Waals surface area contributed by atoms with E-state index in [1.54, 1.807) is 0 Å². The largest absolute Gasteiger partial charge is 0.481 e. The smallest absolute Gasteiger partial charge is 0.303 e. The van der Waals surface area contributed by atoms with Crippen molar-refractivity contribution in [2.75, 3.05) is 0 Å². The van der Waals surface area contributed by atoms with Gasteiger partial charge in [0.05, 0.1) is 12.8 Å². The number of rotatable bonds is 3. The number of carboxylic acids is 2. The molecule has 2 N–H and O–H groups in total. The zero-order valence-electron chi connectivity index (χ0n) is 10.5. The Morgan fingerprint density at radius 1 is 0.941 bits per heavy atom. The molecule has 0 aliphatic carbocycles. The second-order valence-electron chi connectivity index (χ2n) is 2.94. The molecule has 1 rings (SSSR count). The van der Waals surface area contributed by atoms with E-state index in [4.69, 9.17) is 10.2 Å². The van der Waals surface area contributed by atoms with Crippen molar-refractivity contribution in [3.63, 3.8) is 0 Å². The molecule has 0 radical (unpaired) electrons. The Hall–Kier alpha value is -1.84.